The Morgan fingerprint density at radius 1 is 1.71 bits per heavy atom. The van der Waals surface area contributed by atoms with Gasteiger partial charge >= 0.3 is 0 Å². The predicted molar refractivity (Wildman–Crippen MR) is 30.8 cm³/mol. The zero-order valence-electron chi connectivity index (χ0n) is 4.27. The van der Waals surface area contributed by atoms with Crippen LogP contribution in [0.1, 0.15) is 12.8 Å². The molecule has 0 radical (unpaired) electrons. The maximum Gasteiger partial charge on any atom is 0.125 e. The van der Waals surface area contributed by atoms with Crippen molar-refractivity contribution in [3.05, 3.63) is 0 Å². The third-order valence-electron chi connectivity index (χ3n) is 1.02. The molecule has 0 atom stereocenters. The Hall–Kier alpha value is 0.270. The molecule has 0 saturated heterocycles. The van der Waals surface area contributed by atoms with E-state index in [1.165, 1.54) is 11.9 Å². The molecule has 0 spiro atoms. The molecule has 0 bridgehead atoms. The number of aliphatic hydroxyl groups is 1. The van der Waals surface area contributed by atoms with Gasteiger partial charge in [-0.15, -0.1) is 0 Å². The van der Waals surface area contributed by atoms with Crippen molar-refractivity contribution in [3.8, 4) is 0 Å². The number of hydrogen-bond donors (Lipinski definition) is 2. The van der Waals surface area contributed by atoms with Gasteiger partial charge in [0.15, 0.2) is 0 Å². The summed E-state index contributed by atoms with van der Waals surface area (Å²) < 4.78 is 2.87. The standard InChI is InChI=1S/C4H9NOS/c1-7-5-4(6)2-3-4/h5-6H,2-3H2,1H3. The lowest BCUT2D eigenvalue weighted by Gasteiger charge is -2.03. The third kappa shape index (κ3) is 1.33. The minimum atomic E-state index is -0.487. The first kappa shape index (κ1) is 5.41. The lowest BCUT2D eigenvalue weighted by atomic mass is 10.7. The Labute approximate surface area is 47.4 Å². The molecule has 1 saturated carbocycles. The van der Waals surface area contributed by atoms with Gasteiger partial charge in [-0.3, -0.25) is 0 Å². The largest absolute Gasteiger partial charge is 0.375 e. The maximum absolute atomic E-state index is 9.00. The van der Waals surface area contributed by atoms with Crippen LogP contribution in [0.15, 0.2) is 0 Å². The summed E-state index contributed by atoms with van der Waals surface area (Å²) >= 11 is 1.47. The summed E-state index contributed by atoms with van der Waals surface area (Å²) in [4.78, 5) is 0. The van der Waals surface area contributed by atoms with Crippen LogP contribution in [0.2, 0.25) is 0 Å². The molecular weight excluding hydrogens is 110 g/mol. The van der Waals surface area contributed by atoms with Gasteiger partial charge in [-0.1, -0.05) is 11.9 Å². The van der Waals surface area contributed by atoms with Crippen molar-refractivity contribution >= 4 is 11.9 Å². The van der Waals surface area contributed by atoms with E-state index in [0.717, 1.165) is 12.8 Å². The molecule has 0 aromatic heterocycles. The van der Waals surface area contributed by atoms with Crippen LogP contribution in [0, 0.1) is 0 Å². The summed E-state index contributed by atoms with van der Waals surface area (Å²) in [5.41, 5.74) is -0.487. The zero-order valence-corrected chi connectivity index (χ0v) is 5.09. The molecule has 0 aromatic carbocycles. The van der Waals surface area contributed by atoms with Crippen LogP contribution in [0.5, 0.6) is 0 Å². The van der Waals surface area contributed by atoms with Crippen molar-refractivity contribution in [2.24, 2.45) is 0 Å². The van der Waals surface area contributed by atoms with Crippen LogP contribution < -0.4 is 4.72 Å². The monoisotopic (exact) mass is 119 g/mol. The van der Waals surface area contributed by atoms with E-state index in [1.807, 2.05) is 6.26 Å². The van der Waals surface area contributed by atoms with Crippen LogP contribution >= 0.6 is 11.9 Å². The summed E-state index contributed by atoms with van der Waals surface area (Å²) in [5, 5.41) is 9.00. The van der Waals surface area contributed by atoms with Crippen molar-refractivity contribution in [2.75, 3.05) is 6.26 Å². The molecule has 1 rings (SSSR count). The van der Waals surface area contributed by atoms with E-state index in [9.17, 15) is 0 Å². The fourth-order valence-corrected chi connectivity index (χ4v) is 0.995. The van der Waals surface area contributed by atoms with Crippen molar-refractivity contribution in [3.63, 3.8) is 0 Å². The highest BCUT2D eigenvalue weighted by Crippen LogP contribution is 2.32. The van der Waals surface area contributed by atoms with E-state index >= 15 is 0 Å². The van der Waals surface area contributed by atoms with Gasteiger partial charge in [0.2, 0.25) is 0 Å². The summed E-state index contributed by atoms with van der Waals surface area (Å²) in [7, 11) is 0. The Balaban J connectivity index is 2.13. The highest BCUT2D eigenvalue weighted by atomic mass is 32.2. The van der Waals surface area contributed by atoms with Crippen LogP contribution in [-0.2, 0) is 0 Å². The second kappa shape index (κ2) is 1.65. The first-order valence-corrected chi connectivity index (χ1v) is 3.52. The Bertz CT molecular complexity index is 72.1. The van der Waals surface area contributed by atoms with Crippen molar-refractivity contribution < 1.29 is 5.11 Å². The van der Waals surface area contributed by atoms with Crippen molar-refractivity contribution in [1.29, 1.82) is 0 Å². The van der Waals surface area contributed by atoms with E-state index in [2.05, 4.69) is 4.72 Å². The molecule has 2 N–H and O–H groups in total. The minimum absolute atomic E-state index is 0.487. The summed E-state index contributed by atoms with van der Waals surface area (Å²) in [6.07, 6.45) is 3.73. The van der Waals surface area contributed by atoms with Crippen LogP contribution in [0.25, 0.3) is 0 Å². The summed E-state index contributed by atoms with van der Waals surface area (Å²) in [5.74, 6) is 0. The Morgan fingerprint density at radius 3 is 2.43 bits per heavy atom. The van der Waals surface area contributed by atoms with Gasteiger partial charge in [0, 0.05) is 0 Å². The molecule has 3 heteroatoms. The molecule has 0 aromatic rings. The van der Waals surface area contributed by atoms with Crippen molar-refractivity contribution in [2.45, 2.75) is 18.6 Å². The highest BCUT2D eigenvalue weighted by molar-refractivity contribution is 7.96. The Morgan fingerprint density at radius 2 is 2.29 bits per heavy atom. The lowest BCUT2D eigenvalue weighted by molar-refractivity contribution is 0.143. The fraction of sp³-hybridized carbons (Fsp3) is 1.00. The van der Waals surface area contributed by atoms with Gasteiger partial charge in [0.05, 0.1) is 0 Å². The van der Waals surface area contributed by atoms with E-state index in [1.54, 1.807) is 0 Å². The molecule has 0 aliphatic heterocycles. The average molecular weight is 119 g/mol. The molecule has 1 fully saturated rings. The van der Waals surface area contributed by atoms with E-state index in [4.69, 9.17) is 5.11 Å². The SMILES string of the molecule is CSNC1(O)CC1. The quantitative estimate of drug-likeness (QED) is 0.406. The zero-order chi connectivity index (χ0) is 5.33. The van der Waals surface area contributed by atoms with E-state index in [-0.39, 0.29) is 0 Å². The molecule has 2 nitrogen and oxygen atoms in total. The Kier molecular flexibility index (Phi) is 1.28. The second-order valence-corrected chi connectivity index (χ2v) is 2.45. The van der Waals surface area contributed by atoms with E-state index < -0.39 is 5.72 Å². The molecule has 1 aliphatic carbocycles. The smallest absolute Gasteiger partial charge is 0.125 e. The molecule has 0 heterocycles. The molecule has 0 unspecified atom stereocenters. The fourth-order valence-electron chi connectivity index (χ4n) is 0.410. The lowest BCUT2D eigenvalue weighted by Crippen LogP contribution is -2.23. The number of hydrogen-bond acceptors (Lipinski definition) is 3. The second-order valence-electron chi connectivity index (χ2n) is 1.84. The predicted octanol–water partition coefficient (Wildman–Crippen LogP) is 0.336. The van der Waals surface area contributed by atoms with Gasteiger partial charge in [0.25, 0.3) is 0 Å². The van der Waals surface area contributed by atoms with E-state index in [0.29, 0.717) is 0 Å². The molecule has 1 aliphatic rings. The van der Waals surface area contributed by atoms with Crippen LogP contribution in [-0.4, -0.2) is 17.1 Å². The average Bonchev–Trinajstić information content (AvgIpc) is 2.22. The van der Waals surface area contributed by atoms with Gasteiger partial charge in [-0.2, -0.15) is 0 Å². The van der Waals surface area contributed by atoms with Gasteiger partial charge < -0.3 is 5.11 Å². The van der Waals surface area contributed by atoms with Gasteiger partial charge in [0.1, 0.15) is 5.72 Å². The van der Waals surface area contributed by atoms with Gasteiger partial charge in [-0.25, -0.2) is 4.72 Å². The summed E-state index contributed by atoms with van der Waals surface area (Å²) in [6.45, 7) is 0. The number of nitrogens with one attached hydrogen (secondary N) is 1. The topological polar surface area (TPSA) is 32.3 Å². The molecular formula is C4H9NOS. The maximum atomic E-state index is 9.00. The first-order chi connectivity index (χ1) is 3.27. The third-order valence-corrected chi connectivity index (χ3v) is 1.60. The number of rotatable bonds is 2. The van der Waals surface area contributed by atoms with Crippen LogP contribution in [0.3, 0.4) is 0 Å². The molecule has 42 valence electrons. The minimum Gasteiger partial charge on any atom is -0.375 e. The normalized spacial score (nSPS) is 24.9. The van der Waals surface area contributed by atoms with Gasteiger partial charge in [-0.05, 0) is 19.1 Å². The molecule has 0 amide bonds. The van der Waals surface area contributed by atoms with Crippen molar-refractivity contribution in [1.82, 2.24) is 4.72 Å². The molecule has 7 heavy (non-hydrogen) atoms. The van der Waals surface area contributed by atoms with Crippen LogP contribution in [0.4, 0.5) is 0 Å². The summed E-state index contributed by atoms with van der Waals surface area (Å²) in [6, 6.07) is 0. The first-order valence-electron chi connectivity index (χ1n) is 2.29. The highest BCUT2D eigenvalue weighted by Gasteiger charge is 2.39.